The van der Waals surface area contributed by atoms with Crippen molar-refractivity contribution in [2.75, 3.05) is 33.4 Å². The number of hydrogen-bond acceptors (Lipinski definition) is 5. The van der Waals surface area contributed by atoms with Crippen LogP contribution >= 0.6 is 0 Å². The van der Waals surface area contributed by atoms with Crippen LogP contribution in [0.25, 0.3) is 0 Å². The first kappa shape index (κ1) is 19.5. The molecule has 0 unspecified atom stereocenters. The van der Waals surface area contributed by atoms with Gasteiger partial charge >= 0.3 is 5.97 Å². The number of carbonyl (C=O) groups excluding carboxylic acids is 3. The number of carbonyl (C=O) groups is 3. The average Bonchev–Trinajstić information content (AvgIpc) is 2.57. The number of rotatable bonds is 9. The molecule has 0 aliphatic carbocycles. The van der Waals surface area contributed by atoms with E-state index in [0.717, 1.165) is 0 Å². The molecule has 0 fully saturated rings. The molecule has 1 aromatic carbocycles. The van der Waals surface area contributed by atoms with Gasteiger partial charge in [0.2, 0.25) is 5.91 Å². The molecule has 2 amide bonds. The summed E-state index contributed by atoms with van der Waals surface area (Å²) in [4.78, 5) is 36.8. The molecule has 0 saturated carbocycles. The number of esters is 1. The quantitative estimate of drug-likeness (QED) is 0.686. The summed E-state index contributed by atoms with van der Waals surface area (Å²) in [5.41, 5.74) is 0.409. The molecule has 132 valence electrons. The fraction of sp³-hybridized carbons (Fsp3) is 0.471. The summed E-state index contributed by atoms with van der Waals surface area (Å²) in [5, 5.41) is 2.64. The van der Waals surface area contributed by atoms with Crippen LogP contribution in [0, 0.1) is 0 Å². The van der Waals surface area contributed by atoms with Crippen LogP contribution in [0.4, 0.5) is 0 Å². The highest BCUT2D eigenvalue weighted by Gasteiger charge is 2.20. The summed E-state index contributed by atoms with van der Waals surface area (Å²) in [5.74, 6) is -0.342. The number of benzene rings is 1. The zero-order valence-electron chi connectivity index (χ0n) is 14.3. The number of para-hydroxylation sites is 1. The molecule has 0 spiro atoms. The maximum absolute atomic E-state index is 12.8. The SMILES string of the molecule is CCOC(=O)CCN(CCNC(C)=O)C(=O)c1ccccc1OC. The van der Waals surface area contributed by atoms with Crippen molar-refractivity contribution in [3.05, 3.63) is 29.8 Å². The van der Waals surface area contributed by atoms with Gasteiger partial charge < -0.3 is 19.7 Å². The van der Waals surface area contributed by atoms with Gasteiger partial charge in [-0.05, 0) is 19.1 Å². The lowest BCUT2D eigenvalue weighted by Gasteiger charge is -2.23. The van der Waals surface area contributed by atoms with E-state index in [2.05, 4.69) is 5.32 Å². The van der Waals surface area contributed by atoms with Crippen LogP contribution in [-0.4, -0.2) is 56.0 Å². The second-order valence-corrected chi connectivity index (χ2v) is 5.03. The molecule has 1 N–H and O–H groups in total. The number of nitrogens with one attached hydrogen (secondary N) is 1. The van der Waals surface area contributed by atoms with Gasteiger partial charge in [0.05, 0.1) is 25.7 Å². The lowest BCUT2D eigenvalue weighted by Crippen LogP contribution is -2.39. The predicted octanol–water partition coefficient (Wildman–Crippen LogP) is 1.23. The lowest BCUT2D eigenvalue weighted by atomic mass is 10.1. The largest absolute Gasteiger partial charge is 0.496 e. The Balaban J connectivity index is 2.83. The molecule has 0 heterocycles. The van der Waals surface area contributed by atoms with Gasteiger partial charge in [-0.1, -0.05) is 12.1 Å². The monoisotopic (exact) mass is 336 g/mol. The average molecular weight is 336 g/mol. The van der Waals surface area contributed by atoms with Crippen molar-refractivity contribution in [3.8, 4) is 5.75 Å². The van der Waals surface area contributed by atoms with Gasteiger partial charge in [0, 0.05) is 26.6 Å². The summed E-state index contributed by atoms with van der Waals surface area (Å²) >= 11 is 0. The van der Waals surface area contributed by atoms with Crippen molar-refractivity contribution in [2.24, 2.45) is 0 Å². The van der Waals surface area contributed by atoms with Gasteiger partial charge in [0.15, 0.2) is 0 Å². The zero-order chi connectivity index (χ0) is 17.9. The third-order valence-electron chi connectivity index (χ3n) is 3.27. The van der Waals surface area contributed by atoms with Crippen molar-refractivity contribution in [1.82, 2.24) is 10.2 Å². The molecule has 7 nitrogen and oxygen atoms in total. The number of ether oxygens (including phenoxy) is 2. The van der Waals surface area contributed by atoms with Crippen LogP contribution < -0.4 is 10.1 Å². The third kappa shape index (κ3) is 6.28. The van der Waals surface area contributed by atoms with Crippen molar-refractivity contribution >= 4 is 17.8 Å². The Morgan fingerprint density at radius 3 is 2.50 bits per heavy atom. The fourth-order valence-electron chi connectivity index (χ4n) is 2.13. The Morgan fingerprint density at radius 2 is 1.88 bits per heavy atom. The topological polar surface area (TPSA) is 84.9 Å². The maximum Gasteiger partial charge on any atom is 0.307 e. The van der Waals surface area contributed by atoms with E-state index in [1.54, 1.807) is 31.2 Å². The van der Waals surface area contributed by atoms with Crippen LogP contribution in [-0.2, 0) is 14.3 Å². The second-order valence-electron chi connectivity index (χ2n) is 5.03. The molecule has 7 heteroatoms. The minimum absolute atomic E-state index is 0.0921. The maximum atomic E-state index is 12.8. The molecule has 1 aromatic rings. The van der Waals surface area contributed by atoms with Crippen LogP contribution in [0.15, 0.2) is 24.3 Å². The van der Waals surface area contributed by atoms with E-state index >= 15 is 0 Å². The van der Waals surface area contributed by atoms with Crippen molar-refractivity contribution in [1.29, 1.82) is 0 Å². The Labute approximate surface area is 141 Å². The van der Waals surface area contributed by atoms with E-state index in [-0.39, 0.29) is 37.3 Å². The Morgan fingerprint density at radius 1 is 1.17 bits per heavy atom. The van der Waals surface area contributed by atoms with E-state index < -0.39 is 0 Å². The normalized spacial score (nSPS) is 9.96. The van der Waals surface area contributed by atoms with Crippen molar-refractivity contribution in [2.45, 2.75) is 20.3 Å². The zero-order valence-corrected chi connectivity index (χ0v) is 14.3. The number of amides is 2. The molecule has 1 rings (SSSR count). The summed E-state index contributed by atoms with van der Waals surface area (Å²) in [7, 11) is 1.49. The molecule has 0 atom stereocenters. The highest BCUT2D eigenvalue weighted by molar-refractivity contribution is 5.97. The summed E-state index contributed by atoms with van der Waals surface area (Å²) in [6.45, 7) is 4.23. The van der Waals surface area contributed by atoms with Crippen LogP contribution in [0.5, 0.6) is 5.75 Å². The second kappa shape index (κ2) is 10.3. The summed E-state index contributed by atoms with van der Waals surface area (Å²) in [6, 6.07) is 6.88. The Bertz CT molecular complexity index is 574. The first-order valence-electron chi connectivity index (χ1n) is 7.82. The minimum Gasteiger partial charge on any atom is -0.496 e. The van der Waals surface area contributed by atoms with Gasteiger partial charge in [-0.25, -0.2) is 0 Å². The Kier molecular flexibility index (Phi) is 8.32. The standard InChI is InChI=1S/C17H24N2O5/c1-4-24-16(21)9-11-19(12-10-18-13(2)20)17(22)14-7-5-6-8-15(14)23-3/h5-8H,4,9-12H2,1-3H3,(H,18,20). The molecule has 0 bridgehead atoms. The first-order valence-corrected chi connectivity index (χ1v) is 7.82. The van der Waals surface area contributed by atoms with E-state index in [1.165, 1.54) is 18.9 Å². The molecule has 24 heavy (non-hydrogen) atoms. The highest BCUT2D eigenvalue weighted by atomic mass is 16.5. The Hall–Kier alpha value is -2.57. The van der Waals surface area contributed by atoms with Crippen molar-refractivity contribution < 1.29 is 23.9 Å². The van der Waals surface area contributed by atoms with Gasteiger partial charge in [0.25, 0.3) is 5.91 Å². The number of methoxy groups -OCH3 is 1. The molecule has 0 radical (unpaired) electrons. The predicted molar refractivity (Wildman–Crippen MR) is 88.8 cm³/mol. The van der Waals surface area contributed by atoms with Gasteiger partial charge in [-0.2, -0.15) is 0 Å². The van der Waals surface area contributed by atoms with E-state index in [0.29, 0.717) is 24.5 Å². The summed E-state index contributed by atoms with van der Waals surface area (Å²) in [6.07, 6.45) is 0.0921. The summed E-state index contributed by atoms with van der Waals surface area (Å²) < 4.78 is 10.1. The highest BCUT2D eigenvalue weighted by Crippen LogP contribution is 2.19. The lowest BCUT2D eigenvalue weighted by molar-refractivity contribution is -0.143. The molecule has 0 aliphatic heterocycles. The number of nitrogens with zero attached hydrogens (tertiary/aromatic N) is 1. The molecular weight excluding hydrogens is 312 g/mol. The van der Waals surface area contributed by atoms with Gasteiger partial charge in [0.1, 0.15) is 5.75 Å². The molecule has 0 aromatic heterocycles. The van der Waals surface area contributed by atoms with Crippen LogP contribution in [0.2, 0.25) is 0 Å². The molecule has 0 saturated heterocycles. The van der Waals surface area contributed by atoms with Crippen LogP contribution in [0.1, 0.15) is 30.6 Å². The van der Waals surface area contributed by atoms with E-state index in [9.17, 15) is 14.4 Å². The van der Waals surface area contributed by atoms with Gasteiger partial charge in [-0.15, -0.1) is 0 Å². The number of hydrogen-bond donors (Lipinski definition) is 1. The third-order valence-corrected chi connectivity index (χ3v) is 3.27. The first-order chi connectivity index (χ1) is 11.5. The van der Waals surface area contributed by atoms with Crippen LogP contribution in [0.3, 0.4) is 0 Å². The molecular formula is C17H24N2O5. The van der Waals surface area contributed by atoms with E-state index in [4.69, 9.17) is 9.47 Å². The van der Waals surface area contributed by atoms with Gasteiger partial charge in [-0.3, -0.25) is 14.4 Å². The smallest absolute Gasteiger partial charge is 0.307 e. The minimum atomic E-state index is -0.366. The van der Waals surface area contributed by atoms with E-state index in [1.807, 2.05) is 0 Å². The van der Waals surface area contributed by atoms with Crippen molar-refractivity contribution in [3.63, 3.8) is 0 Å². The fourth-order valence-corrected chi connectivity index (χ4v) is 2.13. The molecule has 0 aliphatic rings.